The first kappa shape index (κ1) is 15.8. The normalized spacial score (nSPS) is 11.2. The highest BCUT2D eigenvalue weighted by Gasteiger charge is 2.19. The lowest BCUT2D eigenvalue weighted by Crippen LogP contribution is -2.13. The smallest absolute Gasteiger partial charge is 0.336 e. The van der Waals surface area contributed by atoms with E-state index in [-0.39, 0.29) is 16.5 Å². The molecule has 0 aliphatic heterocycles. The number of carboxylic acid groups (broad SMARTS) is 2. The first-order valence-electron chi connectivity index (χ1n) is 6.91. The van der Waals surface area contributed by atoms with Gasteiger partial charge in [0.15, 0.2) is 0 Å². The fourth-order valence-electron chi connectivity index (χ4n) is 2.26. The Kier molecular flexibility index (Phi) is 4.04. The van der Waals surface area contributed by atoms with Crippen molar-refractivity contribution in [2.45, 2.75) is 26.2 Å². The minimum absolute atomic E-state index is 0.155. The second-order valence-electron chi connectivity index (χ2n) is 6.20. The summed E-state index contributed by atoms with van der Waals surface area (Å²) in [6.45, 7) is 5.96. The summed E-state index contributed by atoms with van der Waals surface area (Å²) < 4.78 is 0. The molecule has 0 saturated carbocycles. The van der Waals surface area contributed by atoms with Crippen LogP contribution in [0.5, 0.6) is 0 Å². The van der Waals surface area contributed by atoms with Gasteiger partial charge >= 0.3 is 11.9 Å². The van der Waals surface area contributed by atoms with Gasteiger partial charge in [0.05, 0.1) is 11.1 Å². The molecule has 2 rings (SSSR count). The van der Waals surface area contributed by atoms with E-state index in [1.54, 1.807) is 24.3 Å². The van der Waals surface area contributed by atoms with Gasteiger partial charge in [0.2, 0.25) is 0 Å². The monoisotopic (exact) mass is 298 g/mol. The van der Waals surface area contributed by atoms with Crippen LogP contribution in [0.4, 0.5) is 0 Å². The summed E-state index contributed by atoms with van der Waals surface area (Å²) >= 11 is 0. The molecule has 0 aromatic heterocycles. The number of carboxylic acids is 2. The molecule has 0 aliphatic carbocycles. The third kappa shape index (κ3) is 3.17. The summed E-state index contributed by atoms with van der Waals surface area (Å²) in [5.41, 5.74) is 2.04. The van der Waals surface area contributed by atoms with Gasteiger partial charge in [-0.25, -0.2) is 9.59 Å². The van der Waals surface area contributed by atoms with Crippen molar-refractivity contribution in [1.82, 2.24) is 0 Å². The zero-order chi connectivity index (χ0) is 16.5. The van der Waals surface area contributed by atoms with Gasteiger partial charge in [-0.2, -0.15) is 0 Å². The van der Waals surface area contributed by atoms with Gasteiger partial charge in [-0.1, -0.05) is 45.0 Å². The van der Waals surface area contributed by atoms with Crippen LogP contribution in [0.2, 0.25) is 0 Å². The highest BCUT2D eigenvalue weighted by atomic mass is 16.4. The highest BCUT2D eigenvalue weighted by Crippen LogP contribution is 2.31. The SMILES string of the molecule is CC(C)(C)c1cc(C(=O)O)cc(-c2ccccc2C(=O)O)c1. The van der Waals surface area contributed by atoms with E-state index in [9.17, 15) is 19.8 Å². The van der Waals surface area contributed by atoms with Crippen LogP contribution >= 0.6 is 0 Å². The van der Waals surface area contributed by atoms with Gasteiger partial charge in [-0.3, -0.25) is 0 Å². The average molecular weight is 298 g/mol. The third-order valence-corrected chi connectivity index (χ3v) is 3.51. The van der Waals surface area contributed by atoms with Crippen LogP contribution in [0, 0.1) is 0 Å². The minimum atomic E-state index is -1.03. The molecule has 2 aromatic carbocycles. The Morgan fingerprint density at radius 3 is 2.09 bits per heavy atom. The number of benzene rings is 2. The van der Waals surface area contributed by atoms with E-state index >= 15 is 0 Å². The predicted molar refractivity (Wildman–Crippen MR) is 84.5 cm³/mol. The molecular weight excluding hydrogens is 280 g/mol. The first-order chi connectivity index (χ1) is 10.2. The highest BCUT2D eigenvalue weighted by molar-refractivity contribution is 5.97. The molecule has 2 aromatic rings. The van der Waals surface area contributed by atoms with Crippen molar-refractivity contribution in [1.29, 1.82) is 0 Å². The molecule has 0 aliphatic rings. The Balaban J connectivity index is 2.73. The molecule has 2 N–H and O–H groups in total. The topological polar surface area (TPSA) is 74.6 Å². The van der Waals surface area contributed by atoms with E-state index in [2.05, 4.69) is 0 Å². The van der Waals surface area contributed by atoms with Crippen molar-refractivity contribution in [2.24, 2.45) is 0 Å². The van der Waals surface area contributed by atoms with Crippen molar-refractivity contribution in [3.05, 3.63) is 59.2 Å². The Morgan fingerprint density at radius 1 is 0.909 bits per heavy atom. The second kappa shape index (κ2) is 5.64. The van der Waals surface area contributed by atoms with Crippen molar-refractivity contribution in [3.8, 4) is 11.1 Å². The Hall–Kier alpha value is -2.62. The molecule has 0 spiro atoms. The first-order valence-corrected chi connectivity index (χ1v) is 6.91. The third-order valence-electron chi connectivity index (χ3n) is 3.51. The van der Waals surface area contributed by atoms with Crippen molar-refractivity contribution < 1.29 is 19.8 Å². The minimum Gasteiger partial charge on any atom is -0.478 e. The van der Waals surface area contributed by atoms with Gasteiger partial charge in [0.1, 0.15) is 0 Å². The number of hydrogen-bond donors (Lipinski definition) is 2. The molecule has 4 nitrogen and oxygen atoms in total. The molecule has 0 unspecified atom stereocenters. The van der Waals surface area contributed by atoms with E-state index in [0.29, 0.717) is 11.1 Å². The van der Waals surface area contributed by atoms with Crippen LogP contribution in [0.15, 0.2) is 42.5 Å². The molecular formula is C18H18O4. The summed E-state index contributed by atoms with van der Waals surface area (Å²) in [7, 11) is 0. The molecule has 0 saturated heterocycles. The molecule has 0 bridgehead atoms. The second-order valence-corrected chi connectivity index (χ2v) is 6.20. The summed E-state index contributed by atoms with van der Waals surface area (Å²) in [6, 6.07) is 11.6. The average Bonchev–Trinajstić information content (AvgIpc) is 2.45. The Morgan fingerprint density at radius 2 is 1.55 bits per heavy atom. The quantitative estimate of drug-likeness (QED) is 0.896. The zero-order valence-electron chi connectivity index (χ0n) is 12.8. The largest absolute Gasteiger partial charge is 0.478 e. The number of carbonyl (C=O) groups is 2. The van der Waals surface area contributed by atoms with Crippen molar-refractivity contribution >= 4 is 11.9 Å². The Bertz CT molecular complexity index is 739. The van der Waals surface area contributed by atoms with Gasteiger partial charge in [-0.05, 0) is 40.3 Å². The maximum atomic E-state index is 11.4. The predicted octanol–water partition coefficient (Wildman–Crippen LogP) is 4.05. The summed E-state index contributed by atoms with van der Waals surface area (Å²) in [4.78, 5) is 22.7. The van der Waals surface area contributed by atoms with Crippen LogP contribution in [-0.4, -0.2) is 22.2 Å². The van der Waals surface area contributed by atoms with Crippen LogP contribution < -0.4 is 0 Å². The number of hydrogen-bond acceptors (Lipinski definition) is 2. The van der Waals surface area contributed by atoms with E-state index in [1.807, 2.05) is 26.8 Å². The molecule has 0 heterocycles. The van der Waals surface area contributed by atoms with E-state index in [4.69, 9.17) is 0 Å². The lowest BCUT2D eigenvalue weighted by molar-refractivity contribution is 0.0687. The number of rotatable bonds is 3. The van der Waals surface area contributed by atoms with Gasteiger partial charge in [0.25, 0.3) is 0 Å². The summed E-state index contributed by atoms with van der Waals surface area (Å²) in [6.07, 6.45) is 0. The Labute approximate surface area is 129 Å². The molecule has 22 heavy (non-hydrogen) atoms. The van der Waals surface area contributed by atoms with Crippen LogP contribution in [0.25, 0.3) is 11.1 Å². The van der Waals surface area contributed by atoms with Crippen molar-refractivity contribution in [3.63, 3.8) is 0 Å². The summed E-state index contributed by atoms with van der Waals surface area (Å²) in [5, 5.41) is 18.6. The van der Waals surface area contributed by atoms with Gasteiger partial charge in [0, 0.05) is 0 Å². The van der Waals surface area contributed by atoms with E-state index < -0.39 is 11.9 Å². The maximum Gasteiger partial charge on any atom is 0.336 e. The van der Waals surface area contributed by atoms with Crippen LogP contribution in [0.1, 0.15) is 47.1 Å². The molecule has 0 amide bonds. The lowest BCUT2D eigenvalue weighted by atomic mass is 9.83. The molecule has 0 radical (unpaired) electrons. The fraction of sp³-hybridized carbons (Fsp3) is 0.222. The number of aromatic carboxylic acids is 2. The standard InChI is InChI=1S/C18H18O4/c1-18(2,3)13-9-11(8-12(10-13)16(19)20)14-6-4-5-7-15(14)17(21)22/h4-10H,1-3H3,(H,19,20)(H,21,22). The van der Waals surface area contributed by atoms with Crippen molar-refractivity contribution in [2.75, 3.05) is 0 Å². The zero-order valence-corrected chi connectivity index (χ0v) is 12.8. The molecule has 0 atom stereocenters. The molecule has 0 fully saturated rings. The van der Waals surface area contributed by atoms with Crippen LogP contribution in [-0.2, 0) is 5.41 Å². The lowest BCUT2D eigenvalue weighted by Gasteiger charge is -2.21. The van der Waals surface area contributed by atoms with Gasteiger partial charge < -0.3 is 10.2 Å². The van der Waals surface area contributed by atoms with Crippen LogP contribution in [0.3, 0.4) is 0 Å². The summed E-state index contributed by atoms with van der Waals surface area (Å²) in [5.74, 6) is -2.06. The molecule has 4 heteroatoms. The fourth-order valence-corrected chi connectivity index (χ4v) is 2.26. The van der Waals surface area contributed by atoms with Gasteiger partial charge in [-0.15, -0.1) is 0 Å². The van der Waals surface area contributed by atoms with E-state index in [0.717, 1.165) is 5.56 Å². The van der Waals surface area contributed by atoms with E-state index in [1.165, 1.54) is 12.1 Å². The molecule has 114 valence electrons. The maximum absolute atomic E-state index is 11.4.